The third-order valence-corrected chi connectivity index (χ3v) is 2.53. The first-order chi connectivity index (χ1) is 8.38. The van der Waals surface area contributed by atoms with E-state index < -0.39 is 0 Å². The van der Waals surface area contributed by atoms with Crippen molar-refractivity contribution in [2.75, 3.05) is 26.7 Å². The Morgan fingerprint density at radius 1 is 1.18 bits per heavy atom. The van der Waals surface area contributed by atoms with Gasteiger partial charge in [-0.15, -0.1) is 0 Å². The lowest BCUT2D eigenvalue weighted by atomic mass is 10.2. The van der Waals surface area contributed by atoms with Crippen molar-refractivity contribution in [3.8, 4) is 5.75 Å². The fraction of sp³-hybridized carbons (Fsp3) is 0.571. The van der Waals surface area contributed by atoms with Crippen LogP contribution in [-0.4, -0.2) is 26.7 Å². The maximum Gasteiger partial charge on any atom is 0.123 e. The van der Waals surface area contributed by atoms with Gasteiger partial charge in [0.2, 0.25) is 0 Å². The van der Waals surface area contributed by atoms with Crippen LogP contribution in [0.25, 0.3) is 0 Å². The van der Waals surface area contributed by atoms with Crippen LogP contribution in [0.4, 0.5) is 0 Å². The number of benzene rings is 1. The number of rotatable bonds is 9. The van der Waals surface area contributed by atoms with Crippen molar-refractivity contribution < 1.29 is 4.74 Å². The topological polar surface area (TPSA) is 33.3 Å². The van der Waals surface area contributed by atoms with Gasteiger partial charge in [-0.05, 0) is 39.0 Å². The summed E-state index contributed by atoms with van der Waals surface area (Å²) in [5, 5.41) is 6.57. The monoisotopic (exact) mass is 236 g/mol. The molecule has 1 aromatic rings. The van der Waals surface area contributed by atoms with E-state index in [0.717, 1.165) is 44.8 Å². The molecule has 0 amide bonds. The highest BCUT2D eigenvalue weighted by atomic mass is 16.5. The van der Waals surface area contributed by atoms with E-state index in [9.17, 15) is 0 Å². The molecule has 0 aliphatic rings. The maximum absolute atomic E-state index is 5.71. The van der Waals surface area contributed by atoms with Gasteiger partial charge in [-0.1, -0.05) is 25.1 Å². The molecule has 0 saturated heterocycles. The normalized spacial score (nSPS) is 10.5. The van der Waals surface area contributed by atoms with Crippen molar-refractivity contribution >= 4 is 0 Å². The molecule has 3 heteroatoms. The summed E-state index contributed by atoms with van der Waals surface area (Å²) < 4.78 is 5.71. The molecule has 0 saturated carbocycles. The van der Waals surface area contributed by atoms with Crippen LogP contribution in [0.3, 0.4) is 0 Å². The van der Waals surface area contributed by atoms with E-state index in [-0.39, 0.29) is 0 Å². The van der Waals surface area contributed by atoms with Crippen molar-refractivity contribution in [2.45, 2.75) is 26.3 Å². The smallest absolute Gasteiger partial charge is 0.123 e. The molecule has 17 heavy (non-hydrogen) atoms. The first kappa shape index (κ1) is 14.0. The molecular formula is C14H24N2O. The molecule has 0 unspecified atom stereocenters. The Labute approximate surface area is 105 Å². The average Bonchev–Trinajstić information content (AvgIpc) is 2.37. The Kier molecular flexibility index (Phi) is 7.43. The van der Waals surface area contributed by atoms with E-state index in [1.165, 1.54) is 5.56 Å². The number of hydrogen-bond donors (Lipinski definition) is 2. The van der Waals surface area contributed by atoms with Crippen LogP contribution in [0.2, 0.25) is 0 Å². The van der Waals surface area contributed by atoms with E-state index in [1.807, 2.05) is 19.2 Å². The molecule has 0 atom stereocenters. The zero-order valence-corrected chi connectivity index (χ0v) is 11.0. The molecule has 1 rings (SSSR count). The summed E-state index contributed by atoms with van der Waals surface area (Å²) in [5.41, 5.74) is 1.24. The number of para-hydroxylation sites is 1. The molecule has 0 aliphatic heterocycles. The largest absolute Gasteiger partial charge is 0.493 e. The second kappa shape index (κ2) is 9.02. The summed E-state index contributed by atoms with van der Waals surface area (Å²) in [6.07, 6.45) is 2.19. The van der Waals surface area contributed by atoms with Gasteiger partial charge in [-0.25, -0.2) is 0 Å². The molecule has 0 spiro atoms. The van der Waals surface area contributed by atoms with Crippen LogP contribution < -0.4 is 15.4 Å². The minimum atomic E-state index is 0.788. The molecule has 2 N–H and O–H groups in total. The van der Waals surface area contributed by atoms with E-state index in [4.69, 9.17) is 4.74 Å². The molecule has 0 fully saturated rings. The summed E-state index contributed by atoms with van der Waals surface area (Å²) in [7, 11) is 1.98. The molecule has 3 nitrogen and oxygen atoms in total. The van der Waals surface area contributed by atoms with E-state index in [1.54, 1.807) is 0 Å². The molecule has 1 aromatic carbocycles. The molecule has 0 bridgehead atoms. The molecular weight excluding hydrogens is 212 g/mol. The molecule has 0 aromatic heterocycles. The van der Waals surface area contributed by atoms with Gasteiger partial charge in [0.15, 0.2) is 0 Å². The zero-order valence-electron chi connectivity index (χ0n) is 11.0. The SMILES string of the molecule is CCCOc1ccccc1CNCCCNC. The summed E-state index contributed by atoms with van der Waals surface area (Å²) in [5.74, 6) is 1.01. The van der Waals surface area contributed by atoms with Gasteiger partial charge < -0.3 is 15.4 Å². The third-order valence-electron chi connectivity index (χ3n) is 2.53. The Balaban J connectivity index is 2.35. The molecule has 0 aliphatic carbocycles. The zero-order chi connectivity index (χ0) is 12.3. The van der Waals surface area contributed by atoms with Crippen molar-refractivity contribution in [3.05, 3.63) is 29.8 Å². The first-order valence-corrected chi connectivity index (χ1v) is 6.44. The lowest BCUT2D eigenvalue weighted by Gasteiger charge is -2.11. The lowest BCUT2D eigenvalue weighted by Crippen LogP contribution is -2.19. The van der Waals surface area contributed by atoms with Gasteiger partial charge in [0, 0.05) is 12.1 Å². The highest BCUT2D eigenvalue weighted by Crippen LogP contribution is 2.17. The quantitative estimate of drug-likeness (QED) is 0.645. The van der Waals surface area contributed by atoms with E-state index in [2.05, 4.69) is 29.7 Å². The van der Waals surface area contributed by atoms with Gasteiger partial charge in [0.1, 0.15) is 5.75 Å². The first-order valence-electron chi connectivity index (χ1n) is 6.44. The summed E-state index contributed by atoms with van der Waals surface area (Å²) in [4.78, 5) is 0. The van der Waals surface area contributed by atoms with Gasteiger partial charge >= 0.3 is 0 Å². The van der Waals surface area contributed by atoms with E-state index in [0.29, 0.717) is 0 Å². The van der Waals surface area contributed by atoms with Crippen molar-refractivity contribution in [3.63, 3.8) is 0 Å². The van der Waals surface area contributed by atoms with Crippen LogP contribution in [0, 0.1) is 0 Å². The summed E-state index contributed by atoms with van der Waals surface area (Å²) in [6.45, 7) is 5.88. The average molecular weight is 236 g/mol. The minimum Gasteiger partial charge on any atom is -0.493 e. The highest BCUT2D eigenvalue weighted by Gasteiger charge is 2.01. The maximum atomic E-state index is 5.71. The van der Waals surface area contributed by atoms with Crippen LogP contribution in [0.15, 0.2) is 24.3 Å². The van der Waals surface area contributed by atoms with Gasteiger partial charge in [0.25, 0.3) is 0 Å². The van der Waals surface area contributed by atoms with Crippen molar-refractivity contribution in [2.24, 2.45) is 0 Å². The van der Waals surface area contributed by atoms with Crippen molar-refractivity contribution in [1.29, 1.82) is 0 Å². The summed E-state index contributed by atoms with van der Waals surface area (Å²) in [6, 6.07) is 8.25. The Hall–Kier alpha value is -1.06. The van der Waals surface area contributed by atoms with Crippen LogP contribution >= 0.6 is 0 Å². The second-order valence-corrected chi connectivity index (χ2v) is 4.09. The minimum absolute atomic E-state index is 0.788. The molecule has 0 radical (unpaired) electrons. The number of ether oxygens (including phenoxy) is 1. The Bertz CT molecular complexity index is 302. The fourth-order valence-corrected chi connectivity index (χ4v) is 1.62. The Morgan fingerprint density at radius 3 is 2.76 bits per heavy atom. The Morgan fingerprint density at radius 2 is 2.00 bits per heavy atom. The number of hydrogen-bond acceptors (Lipinski definition) is 3. The predicted octanol–water partition coefficient (Wildman–Crippen LogP) is 2.17. The molecule has 96 valence electrons. The van der Waals surface area contributed by atoms with E-state index >= 15 is 0 Å². The molecule has 0 heterocycles. The third kappa shape index (κ3) is 5.71. The van der Waals surface area contributed by atoms with Crippen molar-refractivity contribution in [1.82, 2.24) is 10.6 Å². The standard InChI is InChI=1S/C14H24N2O/c1-3-11-17-14-8-5-4-7-13(14)12-16-10-6-9-15-2/h4-5,7-8,15-16H,3,6,9-12H2,1-2H3. The van der Waals surface area contributed by atoms with Gasteiger partial charge in [-0.2, -0.15) is 0 Å². The fourth-order valence-electron chi connectivity index (χ4n) is 1.62. The number of nitrogens with one attached hydrogen (secondary N) is 2. The predicted molar refractivity (Wildman–Crippen MR) is 72.5 cm³/mol. The van der Waals surface area contributed by atoms with Gasteiger partial charge in [0.05, 0.1) is 6.61 Å². The van der Waals surface area contributed by atoms with Crippen LogP contribution in [-0.2, 0) is 6.54 Å². The van der Waals surface area contributed by atoms with Crippen LogP contribution in [0.1, 0.15) is 25.3 Å². The summed E-state index contributed by atoms with van der Waals surface area (Å²) >= 11 is 0. The highest BCUT2D eigenvalue weighted by molar-refractivity contribution is 5.33. The van der Waals surface area contributed by atoms with Crippen LogP contribution in [0.5, 0.6) is 5.75 Å². The lowest BCUT2D eigenvalue weighted by molar-refractivity contribution is 0.313. The second-order valence-electron chi connectivity index (χ2n) is 4.09. The van der Waals surface area contributed by atoms with Gasteiger partial charge in [-0.3, -0.25) is 0 Å².